The molecular formula is C16H16N2O4. The number of hydrogen-bond acceptors (Lipinski definition) is 4. The van der Waals surface area contributed by atoms with E-state index in [4.69, 9.17) is 4.74 Å². The molecule has 0 fully saturated rings. The molecule has 0 unspecified atom stereocenters. The third-order valence-electron chi connectivity index (χ3n) is 3.07. The molecule has 1 amide bonds. The molecule has 0 N–H and O–H groups in total. The Balaban J connectivity index is 2.40. The molecule has 6 heteroatoms. The fraction of sp³-hybridized carbons (Fsp3) is 0.188. The van der Waals surface area contributed by atoms with E-state index in [2.05, 4.69) is 0 Å². The minimum atomic E-state index is -0.933. The molecule has 0 aliphatic heterocycles. The fourth-order valence-corrected chi connectivity index (χ4v) is 1.96. The molecule has 1 atom stereocenters. The second kappa shape index (κ2) is 6.71. The van der Waals surface area contributed by atoms with Crippen molar-refractivity contribution in [1.29, 1.82) is 0 Å². The number of para-hydroxylation sites is 2. The summed E-state index contributed by atoms with van der Waals surface area (Å²) in [6.45, 7) is 0. The van der Waals surface area contributed by atoms with E-state index in [9.17, 15) is 14.9 Å². The van der Waals surface area contributed by atoms with Gasteiger partial charge in [0.1, 0.15) is 0 Å². The molecule has 22 heavy (non-hydrogen) atoms. The van der Waals surface area contributed by atoms with Crippen molar-refractivity contribution in [2.24, 2.45) is 0 Å². The van der Waals surface area contributed by atoms with Gasteiger partial charge in [-0.25, -0.2) is 0 Å². The summed E-state index contributed by atoms with van der Waals surface area (Å²) in [6.07, 6.45) is -0.933. The van der Waals surface area contributed by atoms with Crippen molar-refractivity contribution < 1.29 is 14.5 Å². The van der Waals surface area contributed by atoms with E-state index >= 15 is 0 Å². The Morgan fingerprint density at radius 1 is 1.09 bits per heavy atom. The summed E-state index contributed by atoms with van der Waals surface area (Å²) < 4.78 is 5.68. The fourth-order valence-electron chi connectivity index (χ4n) is 1.96. The van der Waals surface area contributed by atoms with E-state index in [1.54, 1.807) is 50.5 Å². The van der Waals surface area contributed by atoms with Crippen LogP contribution in [0, 0.1) is 10.1 Å². The van der Waals surface area contributed by atoms with Crippen LogP contribution in [0.25, 0.3) is 0 Å². The van der Waals surface area contributed by atoms with Crippen LogP contribution < -0.4 is 4.74 Å². The van der Waals surface area contributed by atoms with Crippen molar-refractivity contribution in [1.82, 2.24) is 4.90 Å². The van der Waals surface area contributed by atoms with Gasteiger partial charge in [0.05, 0.1) is 4.92 Å². The third-order valence-corrected chi connectivity index (χ3v) is 3.07. The van der Waals surface area contributed by atoms with E-state index < -0.39 is 11.0 Å². The maximum Gasteiger partial charge on any atom is 0.310 e. The minimum Gasteiger partial charge on any atom is -0.469 e. The van der Waals surface area contributed by atoms with Crippen molar-refractivity contribution in [3.8, 4) is 5.75 Å². The number of nitrogens with zero attached hydrogens (tertiary/aromatic N) is 2. The average Bonchev–Trinajstić information content (AvgIpc) is 2.53. The number of benzene rings is 2. The van der Waals surface area contributed by atoms with Gasteiger partial charge in [-0.2, -0.15) is 0 Å². The van der Waals surface area contributed by atoms with E-state index in [1.807, 2.05) is 6.07 Å². The predicted octanol–water partition coefficient (Wildman–Crippen LogP) is 2.80. The summed E-state index contributed by atoms with van der Waals surface area (Å²) in [5, 5.41) is 11.1. The zero-order valence-electron chi connectivity index (χ0n) is 12.3. The molecule has 0 spiro atoms. The number of amides is 1. The van der Waals surface area contributed by atoms with Crippen molar-refractivity contribution in [3.05, 3.63) is 70.3 Å². The monoisotopic (exact) mass is 300 g/mol. The van der Waals surface area contributed by atoms with Gasteiger partial charge in [-0.3, -0.25) is 14.9 Å². The Morgan fingerprint density at radius 3 is 2.27 bits per heavy atom. The highest BCUT2D eigenvalue weighted by molar-refractivity contribution is 5.82. The van der Waals surface area contributed by atoms with Crippen LogP contribution in [0.3, 0.4) is 0 Å². The summed E-state index contributed by atoms with van der Waals surface area (Å²) in [6, 6.07) is 14.9. The largest absolute Gasteiger partial charge is 0.469 e. The van der Waals surface area contributed by atoms with Gasteiger partial charge < -0.3 is 9.64 Å². The minimum absolute atomic E-state index is 0.0663. The molecular weight excluding hydrogens is 284 g/mol. The highest BCUT2D eigenvalue weighted by Crippen LogP contribution is 2.31. The number of nitro groups is 1. The lowest BCUT2D eigenvalue weighted by molar-refractivity contribution is -0.386. The van der Waals surface area contributed by atoms with Crippen LogP contribution in [-0.2, 0) is 4.79 Å². The number of nitro benzene ring substituents is 1. The normalized spacial score (nSPS) is 11.5. The van der Waals surface area contributed by atoms with Crippen LogP contribution >= 0.6 is 0 Å². The van der Waals surface area contributed by atoms with E-state index in [0.29, 0.717) is 5.56 Å². The molecule has 114 valence electrons. The standard InChI is InChI=1S/C16H16N2O4/c1-17(2)16(19)15(12-8-4-3-5-9-12)22-14-11-7-6-10-13(14)18(20)21/h3-11,15H,1-2H3/t15-/m0/s1. The molecule has 0 saturated carbocycles. The third kappa shape index (κ3) is 3.41. The predicted molar refractivity (Wildman–Crippen MR) is 81.6 cm³/mol. The Hall–Kier alpha value is -2.89. The number of carbonyl (C=O) groups excluding carboxylic acids is 1. The first-order chi connectivity index (χ1) is 10.5. The molecule has 6 nitrogen and oxygen atoms in total. The average molecular weight is 300 g/mol. The van der Waals surface area contributed by atoms with E-state index in [1.165, 1.54) is 17.0 Å². The molecule has 0 aliphatic rings. The zero-order chi connectivity index (χ0) is 16.1. The lowest BCUT2D eigenvalue weighted by Gasteiger charge is -2.22. The SMILES string of the molecule is CN(C)C(=O)[C@@H](Oc1ccccc1[N+](=O)[O-])c1ccccc1. The Bertz CT molecular complexity index is 671. The van der Waals surface area contributed by atoms with Crippen molar-refractivity contribution in [2.45, 2.75) is 6.10 Å². The lowest BCUT2D eigenvalue weighted by Crippen LogP contribution is -2.31. The Kier molecular flexibility index (Phi) is 4.73. The van der Waals surface area contributed by atoms with Crippen LogP contribution in [0.15, 0.2) is 54.6 Å². The van der Waals surface area contributed by atoms with Gasteiger partial charge in [0.2, 0.25) is 6.10 Å². The van der Waals surface area contributed by atoms with Gasteiger partial charge >= 0.3 is 5.69 Å². The van der Waals surface area contributed by atoms with Crippen LogP contribution in [-0.4, -0.2) is 29.8 Å². The van der Waals surface area contributed by atoms with Gasteiger partial charge in [0.15, 0.2) is 5.75 Å². The maximum absolute atomic E-state index is 12.4. The Morgan fingerprint density at radius 2 is 1.68 bits per heavy atom. The molecule has 0 radical (unpaired) electrons. The first kappa shape index (κ1) is 15.5. The maximum atomic E-state index is 12.4. The second-order valence-corrected chi connectivity index (χ2v) is 4.87. The smallest absolute Gasteiger partial charge is 0.310 e. The number of hydrogen-bond donors (Lipinski definition) is 0. The van der Waals surface area contributed by atoms with Gasteiger partial charge in [0.25, 0.3) is 5.91 Å². The Labute approximate surface area is 128 Å². The summed E-state index contributed by atoms with van der Waals surface area (Å²) in [5.74, 6) is -0.221. The first-order valence-corrected chi connectivity index (χ1v) is 6.67. The highest BCUT2D eigenvalue weighted by atomic mass is 16.6. The number of rotatable bonds is 5. The van der Waals surface area contributed by atoms with Crippen LogP contribution in [0.4, 0.5) is 5.69 Å². The van der Waals surface area contributed by atoms with Gasteiger partial charge in [-0.15, -0.1) is 0 Å². The zero-order valence-corrected chi connectivity index (χ0v) is 12.3. The molecule has 0 saturated heterocycles. The molecule has 2 rings (SSSR count). The van der Waals surface area contributed by atoms with Gasteiger partial charge in [-0.1, -0.05) is 42.5 Å². The first-order valence-electron chi connectivity index (χ1n) is 6.67. The topological polar surface area (TPSA) is 72.7 Å². The molecule has 0 aliphatic carbocycles. The number of carbonyl (C=O) groups is 1. The van der Waals surface area contributed by atoms with E-state index in [-0.39, 0.29) is 17.3 Å². The van der Waals surface area contributed by atoms with E-state index in [0.717, 1.165) is 0 Å². The molecule has 2 aromatic carbocycles. The number of ether oxygens (including phenoxy) is 1. The van der Waals surface area contributed by atoms with Crippen molar-refractivity contribution in [3.63, 3.8) is 0 Å². The molecule has 0 bridgehead atoms. The number of likely N-dealkylation sites (N-methyl/N-ethyl adjacent to an activating group) is 1. The van der Waals surface area contributed by atoms with Gasteiger partial charge in [0, 0.05) is 25.7 Å². The van der Waals surface area contributed by atoms with Crippen molar-refractivity contribution in [2.75, 3.05) is 14.1 Å². The summed E-state index contributed by atoms with van der Waals surface area (Å²) in [4.78, 5) is 24.3. The molecule has 2 aromatic rings. The summed E-state index contributed by atoms with van der Waals surface area (Å²) in [5.41, 5.74) is 0.467. The highest BCUT2D eigenvalue weighted by Gasteiger charge is 2.27. The molecule has 0 heterocycles. The quantitative estimate of drug-likeness (QED) is 0.628. The lowest BCUT2D eigenvalue weighted by atomic mass is 10.1. The van der Waals surface area contributed by atoms with Crippen molar-refractivity contribution >= 4 is 11.6 Å². The van der Waals surface area contributed by atoms with Crippen LogP contribution in [0.1, 0.15) is 11.7 Å². The van der Waals surface area contributed by atoms with Crippen LogP contribution in [0.5, 0.6) is 5.75 Å². The summed E-state index contributed by atoms with van der Waals surface area (Å²) >= 11 is 0. The van der Waals surface area contributed by atoms with Crippen LogP contribution in [0.2, 0.25) is 0 Å². The van der Waals surface area contributed by atoms with Gasteiger partial charge in [-0.05, 0) is 6.07 Å². The second-order valence-electron chi connectivity index (χ2n) is 4.87. The molecule has 0 aromatic heterocycles. The summed E-state index contributed by atoms with van der Waals surface area (Å²) in [7, 11) is 3.22.